The Morgan fingerprint density at radius 1 is 1.11 bits per heavy atom. The predicted molar refractivity (Wildman–Crippen MR) is 98.0 cm³/mol. The highest BCUT2D eigenvalue weighted by Crippen LogP contribution is 2.52. The second-order valence-electron chi connectivity index (χ2n) is 7.12. The third kappa shape index (κ3) is 2.52. The molecule has 1 aliphatic carbocycles. The van der Waals surface area contributed by atoms with Crippen molar-refractivity contribution in [3.63, 3.8) is 0 Å². The SMILES string of the molecule is COc1cc2c(c(OC)c1OC)C(=O)O[C@H]1[C@@H]2[C@H]2C(=C[C@@H]1OC)CCN2C. The summed E-state index contributed by atoms with van der Waals surface area (Å²) in [5, 5.41) is 0. The van der Waals surface area contributed by atoms with Gasteiger partial charge in [0.2, 0.25) is 5.75 Å². The Kier molecular flexibility index (Phi) is 4.52. The quantitative estimate of drug-likeness (QED) is 0.589. The maximum absolute atomic E-state index is 12.9. The van der Waals surface area contributed by atoms with Crippen LogP contribution in [0.5, 0.6) is 17.2 Å². The summed E-state index contributed by atoms with van der Waals surface area (Å²) in [4.78, 5) is 15.2. The second-order valence-corrected chi connectivity index (χ2v) is 7.12. The van der Waals surface area contributed by atoms with Gasteiger partial charge in [-0.05, 0) is 25.1 Å². The maximum atomic E-state index is 12.9. The lowest BCUT2D eigenvalue weighted by molar-refractivity contribution is -0.0471. The van der Waals surface area contributed by atoms with Gasteiger partial charge in [-0.1, -0.05) is 11.6 Å². The standard InChI is InChI=1S/C20H25NO6/c1-21-7-6-10-8-12(23-2)17-14(16(10)21)11-9-13(24-3)18(25-4)19(26-5)15(11)20(22)27-17/h8-9,12,14,16-17H,6-7H2,1-5H3/t12-,14-,16+,17+/m0/s1. The summed E-state index contributed by atoms with van der Waals surface area (Å²) in [6.07, 6.45) is 2.43. The van der Waals surface area contributed by atoms with Crippen LogP contribution in [0.1, 0.15) is 28.3 Å². The third-order valence-corrected chi connectivity index (χ3v) is 5.94. The molecule has 0 saturated carbocycles. The highest BCUT2D eigenvalue weighted by molar-refractivity contribution is 5.97. The molecule has 4 rings (SSSR count). The first-order chi connectivity index (χ1) is 13.0. The highest BCUT2D eigenvalue weighted by atomic mass is 16.6. The second kappa shape index (κ2) is 6.73. The van der Waals surface area contributed by atoms with Crippen LogP contribution in [0.25, 0.3) is 0 Å². The lowest BCUT2D eigenvalue weighted by Gasteiger charge is -2.44. The minimum absolute atomic E-state index is 0.0659. The Morgan fingerprint density at radius 3 is 2.48 bits per heavy atom. The van der Waals surface area contributed by atoms with Gasteiger partial charge in [0.15, 0.2) is 11.5 Å². The molecule has 146 valence electrons. The van der Waals surface area contributed by atoms with Gasteiger partial charge in [-0.2, -0.15) is 0 Å². The monoisotopic (exact) mass is 375 g/mol. The lowest BCUT2D eigenvalue weighted by atomic mass is 9.73. The van der Waals surface area contributed by atoms with Crippen molar-refractivity contribution in [2.75, 3.05) is 42.0 Å². The average Bonchev–Trinajstić information content (AvgIpc) is 3.05. The first-order valence-electron chi connectivity index (χ1n) is 9.03. The van der Waals surface area contributed by atoms with E-state index in [4.69, 9.17) is 23.7 Å². The Bertz CT molecular complexity index is 804. The molecule has 1 fully saturated rings. The number of likely N-dealkylation sites (tertiary alicyclic amines) is 1. The molecule has 1 aromatic rings. The zero-order valence-corrected chi connectivity index (χ0v) is 16.3. The van der Waals surface area contributed by atoms with Gasteiger partial charge in [0.05, 0.1) is 21.3 Å². The summed E-state index contributed by atoms with van der Waals surface area (Å²) in [7, 11) is 8.37. The van der Waals surface area contributed by atoms with E-state index in [9.17, 15) is 4.79 Å². The first kappa shape index (κ1) is 18.1. The number of fused-ring (bicyclic) bond motifs is 5. The van der Waals surface area contributed by atoms with Crippen molar-refractivity contribution in [1.82, 2.24) is 4.90 Å². The molecular formula is C20H25NO6. The van der Waals surface area contributed by atoms with Crippen LogP contribution in [-0.4, -0.2) is 71.2 Å². The van der Waals surface area contributed by atoms with Crippen LogP contribution in [0, 0.1) is 0 Å². The summed E-state index contributed by atoms with van der Waals surface area (Å²) in [6, 6.07) is 2.03. The molecule has 0 radical (unpaired) electrons. The molecule has 0 aromatic heterocycles. The predicted octanol–water partition coefficient (Wildman–Crippen LogP) is 1.99. The van der Waals surface area contributed by atoms with Crippen LogP contribution < -0.4 is 14.2 Å². The number of carbonyl (C=O) groups is 1. The Morgan fingerprint density at radius 2 is 1.85 bits per heavy atom. The first-order valence-corrected chi connectivity index (χ1v) is 9.03. The van der Waals surface area contributed by atoms with E-state index in [1.165, 1.54) is 19.8 Å². The van der Waals surface area contributed by atoms with E-state index >= 15 is 0 Å². The molecule has 0 unspecified atom stereocenters. The Hall–Kier alpha value is -2.25. The Labute approximate surface area is 158 Å². The molecule has 3 aliphatic rings. The van der Waals surface area contributed by atoms with Gasteiger partial charge in [0, 0.05) is 25.6 Å². The number of carbonyl (C=O) groups excluding carboxylic acids is 1. The number of ether oxygens (including phenoxy) is 5. The van der Waals surface area contributed by atoms with Crippen LogP contribution >= 0.6 is 0 Å². The van der Waals surface area contributed by atoms with E-state index in [-0.39, 0.29) is 18.1 Å². The molecule has 1 saturated heterocycles. The van der Waals surface area contributed by atoms with Gasteiger partial charge in [-0.3, -0.25) is 4.90 Å². The normalized spacial score (nSPS) is 29.2. The molecule has 7 heteroatoms. The van der Waals surface area contributed by atoms with Crippen LogP contribution in [-0.2, 0) is 9.47 Å². The fraction of sp³-hybridized carbons (Fsp3) is 0.550. The van der Waals surface area contributed by atoms with Crippen molar-refractivity contribution in [2.45, 2.75) is 30.6 Å². The average molecular weight is 375 g/mol. The summed E-state index contributed by atoms with van der Waals surface area (Å²) in [5.41, 5.74) is 2.59. The molecule has 2 aliphatic heterocycles. The molecule has 7 nitrogen and oxygen atoms in total. The minimum atomic E-state index is -0.427. The van der Waals surface area contributed by atoms with E-state index in [1.807, 2.05) is 6.07 Å². The van der Waals surface area contributed by atoms with Crippen LogP contribution in [0.3, 0.4) is 0 Å². The van der Waals surface area contributed by atoms with E-state index in [2.05, 4.69) is 18.0 Å². The molecule has 0 spiro atoms. The summed E-state index contributed by atoms with van der Waals surface area (Å²) in [6.45, 7) is 0.962. The number of hydrogen-bond acceptors (Lipinski definition) is 7. The molecule has 0 amide bonds. The highest BCUT2D eigenvalue weighted by Gasteiger charge is 2.52. The summed E-state index contributed by atoms with van der Waals surface area (Å²) >= 11 is 0. The number of hydrogen-bond donors (Lipinski definition) is 0. The fourth-order valence-electron chi connectivity index (χ4n) is 4.77. The number of methoxy groups -OCH3 is 4. The number of rotatable bonds is 4. The summed E-state index contributed by atoms with van der Waals surface area (Å²) in [5.74, 6) is 0.782. The zero-order valence-electron chi connectivity index (χ0n) is 16.3. The molecule has 0 N–H and O–H groups in total. The molecule has 27 heavy (non-hydrogen) atoms. The van der Waals surface area contributed by atoms with Gasteiger partial charge in [0.25, 0.3) is 0 Å². The van der Waals surface area contributed by atoms with Crippen molar-refractivity contribution < 1.29 is 28.5 Å². The number of nitrogens with zero attached hydrogens (tertiary/aromatic N) is 1. The van der Waals surface area contributed by atoms with Crippen molar-refractivity contribution >= 4 is 5.97 Å². The number of esters is 1. The Balaban J connectivity index is 1.96. The zero-order chi connectivity index (χ0) is 19.3. The van der Waals surface area contributed by atoms with Gasteiger partial charge >= 0.3 is 5.97 Å². The van der Waals surface area contributed by atoms with Crippen molar-refractivity contribution in [3.05, 3.63) is 28.8 Å². The third-order valence-electron chi connectivity index (χ3n) is 5.94. The minimum Gasteiger partial charge on any atom is -0.493 e. The van der Waals surface area contributed by atoms with E-state index in [1.54, 1.807) is 14.2 Å². The fourth-order valence-corrected chi connectivity index (χ4v) is 4.77. The molecule has 1 aromatic carbocycles. The van der Waals surface area contributed by atoms with Crippen molar-refractivity contribution in [3.8, 4) is 17.2 Å². The van der Waals surface area contributed by atoms with Crippen LogP contribution in [0.2, 0.25) is 0 Å². The smallest absolute Gasteiger partial charge is 0.342 e. The van der Waals surface area contributed by atoms with E-state index < -0.39 is 12.1 Å². The van der Waals surface area contributed by atoms with Crippen molar-refractivity contribution in [2.24, 2.45) is 0 Å². The number of likely N-dealkylation sites (N-methyl/N-ethyl adjacent to an activating group) is 1. The molecule has 0 bridgehead atoms. The number of benzene rings is 1. The van der Waals surface area contributed by atoms with Crippen molar-refractivity contribution in [1.29, 1.82) is 0 Å². The molecule has 2 heterocycles. The maximum Gasteiger partial charge on any atom is 0.342 e. The van der Waals surface area contributed by atoms with Gasteiger partial charge < -0.3 is 23.7 Å². The molecule has 4 atom stereocenters. The van der Waals surface area contributed by atoms with Gasteiger partial charge in [-0.25, -0.2) is 4.79 Å². The van der Waals surface area contributed by atoms with Gasteiger partial charge in [-0.15, -0.1) is 0 Å². The van der Waals surface area contributed by atoms with Crippen LogP contribution in [0.4, 0.5) is 0 Å². The van der Waals surface area contributed by atoms with Gasteiger partial charge in [0.1, 0.15) is 17.8 Å². The largest absolute Gasteiger partial charge is 0.493 e. The van der Waals surface area contributed by atoms with Crippen LogP contribution in [0.15, 0.2) is 17.7 Å². The van der Waals surface area contributed by atoms with E-state index in [0.29, 0.717) is 22.8 Å². The molecular weight excluding hydrogens is 350 g/mol. The summed E-state index contributed by atoms with van der Waals surface area (Å²) < 4.78 is 28.1. The topological polar surface area (TPSA) is 66.5 Å². The lowest BCUT2D eigenvalue weighted by Crippen LogP contribution is -2.51. The van der Waals surface area contributed by atoms with E-state index in [0.717, 1.165) is 18.5 Å².